The summed E-state index contributed by atoms with van der Waals surface area (Å²) in [6, 6.07) is 9.84. The zero-order valence-corrected chi connectivity index (χ0v) is 13.6. The maximum Gasteiger partial charge on any atom is 0.305 e. The van der Waals surface area contributed by atoms with E-state index in [2.05, 4.69) is 10.9 Å². The second-order valence-electron chi connectivity index (χ2n) is 5.42. The van der Waals surface area contributed by atoms with Crippen molar-refractivity contribution in [1.29, 1.82) is 0 Å². The Morgan fingerprint density at radius 3 is 2.62 bits per heavy atom. The molecule has 0 spiro atoms. The Balaban J connectivity index is 1.56. The van der Waals surface area contributed by atoms with Crippen LogP contribution in [0.1, 0.15) is 16.1 Å². The number of hydrogen-bond acceptors (Lipinski definition) is 4. The summed E-state index contributed by atoms with van der Waals surface area (Å²) in [6.45, 7) is 1.16. The zero-order valence-electron chi connectivity index (χ0n) is 13.6. The first-order valence-electron chi connectivity index (χ1n) is 7.61. The molecule has 0 saturated heterocycles. The molecule has 0 aliphatic rings. The molecule has 0 aliphatic heterocycles. The van der Waals surface area contributed by atoms with Gasteiger partial charge in [-0.15, -0.1) is 0 Å². The van der Waals surface area contributed by atoms with Gasteiger partial charge in [0.15, 0.2) is 23.9 Å². The van der Waals surface area contributed by atoms with Crippen molar-refractivity contribution in [3.63, 3.8) is 0 Å². The van der Waals surface area contributed by atoms with Crippen LogP contribution in [0, 0.1) is 18.6 Å². The first-order valence-corrected chi connectivity index (χ1v) is 7.61. The number of benzene rings is 2. The van der Waals surface area contributed by atoms with Gasteiger partial charge in [-0.25, -0.2) is 8.78 Å². The van der Waals surface area contributed by atoms with Crippen molar-refractivity contribution in [3.8, 4) is 5.75 Å². The average Bonchev–Trinajstić information content (AvgIpc) is 2.96. The molecule has 8 heteroatoms. The van der Waals surface area contributed by atoms with Crippen molar-refractivity contribution in [2.24, 2.45) is 0 Å². The fourth-order valence-electron chi connectivity index (χ4n) is 2.35. The Kier molecular flexibility index (Phi) is 4.83. The Morgan fingerprint density at radius 2 is 1.88 bits per heavy atom. The first-order chi connectivity index (χ1) is 12.5. The fourth-order valence-corrected chi connectivity index (χ4v) is 2.35. The molecule has 0 saturated carbocycles. The SMILES string of the molecule is Cc1c(C(=O)NNC(=O)COc2ccc(F)cc2F)oc2ccccc12. The molecule has 6 nitrogen and oxygen atoms in total. The number of rotatable bonds is 4. The van der Waals surface area contributed by atoms with Crippen LogP contribution in [0.4, 0.5) is 8.78 Å². The second-order valence-corrected chi connectivity index (χ2v) is 5.42. The van der Waals surface area contributed by atoms with Gasteiger partial charge in [0.25, 0.3) is 5.91 Å². The predicted molar refractivity (Wildman–Crippen MR) is 88.4 cm³/mol. The Hall–Kier alpha value is -3.42. The van der Waals surface area contributed by atoms with E-state index in [4.69, 9.17) is 9.15 Å². The summed E-state index contributed by atoms with van der Waals surface area (Å²) in [7, 11) is 0. The van der Waals surface area contributed by atoms with Crippen LogP contribution in [0.5, 0.6) is 5.75 Å². The molecular weight excluding hydrogens is 346 g/mol. The minimum atomic E-state index is -0.931. The van der Waals surface area contributed by atoms with E-state index in [9.17, 15) is 18.4 Å². The number of para-hydroxylation sites is 1. The highest BCUT2D eigenvalue weighted by Crippen LogP contribution is 2.24. The van der Waals surface area contributed by atoms with Gasteiger partial charge in [-0.1, -0.05) is 18.2 Å². The van der Waals surface area contributed by atoms with E-state index in [-0.39, 0.29) is 11.5 Å². The molecule has 3 rings (SSSR count). The highest BCUT2D eigenvalue weighted by atomic mass is 19.1. The molecule has 0 radical (unpaired) electrons. The lowest BCUT2D eigenvalue weighted by Crippen LogP contribution is -2.43. The molecule has 1 heterocycles. The van der Waals surface area contributed by atoms with Crippen molar-refractivity contribution >= 4 is 22.8 Å². The molecule has 0 unspecified atom stereocenters. The van der Waals surface area contributed by atoms with Crippen molar-refractivity contribution < 1.29 is 27.5 Å². The van der Waals surface area contributed by atoms with Gasteiger partial charge in [0, 0.05) is 17.0 Å². The van der Waals surface area contributed by atoms with E-state index in [1.165, 1.54) is 0 Å². The third-order valence-electron chi connectivity index (χ3n) is 3.62. The average molecular weight is 360 g/mol. The van der Waals surface area contributed by atoms with Crippen molar-refractivity contribution in [1.82, 2.24) is 10.9 Å². The van der Waals surface area contributed by atoms with Gasteiger partial charge in [0.2, 0.25) is 0 Å². The van der Waals surface area contributed by atoms with Crippen molar-refractivity contribution in [2.75, 3.05) is 6.61 Å². The molecule has 3 aromatic rings. The summed E-state index contributed by atoms with van der Waals surface area (Å²) in [6.07, 6.45) is 0. The summed E-state index contributed by atoms with van der Waals surface area (Å²) >= 11 is 0. The van der Waals surface area contributed by atoms with Crippen LogP contribution in [-0.4, -0.2) is 18.4 Å². The summed E-state index contributed by atoms with van der Waals surface area (Å²) < 4.78 is 36.6. The molecule has 2 N–H and O–H groups in total. The van der Waals surface area contributed by atoms with Crippen molar-refractivity contribution in [3.05, 3.63) is 65.4 Å². The Morgan fingerprint density at radius 1 is 1.12 bits per heavy atom. The van der Waals surface area contributed by atoms with E-state index in [0.717, 1.165) is 17.5 Å². The lowest BCUT2D eigenvalue weighted by molar-refractivity contribution is -0.123. The maximum absolute atomic E-state index is 13.4. The molecule has 0 aliphatic carbocycles. The van der Waals surface area contributed by atoms with Gasteiger partial charge in [0.1, 0.15) is 11.4 Å². The molecule has 0 bridgehead atoms. The number of furan rings is 1. The minimum absolute atomic E-state index is 0.0667. The molecule has 2 amide bonds. The lowest BCUT2D eigenvalue weighted by atomic mass is 10.1. The van der Waals surface area contributed by atoms with E-state index in [1.807, 2.05) is 12.1 Å². The third kappa shape index (κ3) is 3.64. The number of amides is 2. The first kappa shape index (κ1) is 17.4. The number of nitrogens with one attached hydrogen (secondary N) is 2. The van der Waals surface area contributed by atoms with E-state index >= 15 is 0 Å². The number of hydrogen-bond donors (Lipinski definition) is 2. The largest absolute Gasteiger partial charge is 0.481 e. The second kappa shape index (κ2) is 7.22. The summed E-state index contributed by atoms with van der Waals surface area (Å²) in [4.78, 5) is 23.9. The van der Waals surface area contributed by atoms with Crippen LogP contribution in [0.3, 0.4) is 0 Å². The van der Waals surface area contributed by atoms with Crippen LogP contribution in [0.15, 0.2) is 46.9 Å². The molecule has 1 aromatic heterocycles. The standard InChI is InChI=1S/C18H14F2N2O4/c1-10-12-4-2-3-5-14(12)26-17(10)18(24)22-21-16(23)9-25-15-7-6-11(19)8-13(15)20/h2-8H,9H2,1H3,(H,21,23)(H,22,24). The third-order valence-corrected chi connectivity index (χ3v) is 3.62. The Bertz CT molecular complexity index is 984. The normalized spacial score (nSPS) is 10.6. The van der Waals surface area contributed by atoms with Crippen LogP contribution in [0.2, 0.25) is 0 Å². The molecule has 0 fully saturated rings. The molecule has 2 aromatic carbocycles. The fraction of sp³-hybridized carbons (Fsp3) is 0.111. The van der Waals surface area contributed by atoms with Crippen LogP contribution >= 0.6 is 0 Å². The van der Waals surface area contributed by atoms with E-state index in [0.29, 0.717) is 17.2 Å². The van der Waals surface area contributed by atoms with Gasteiger partial charge < -0.3 is 9.15 Å². The highest BCUT2D eigenvalue weighted by molar-refractivity contribution is 5.99. The monoisotopic (exact) mass is 360 g/mol. The van der Waals surface area contributed by atoms with E-state index in [1.54, 1.807) is 19.1 Å². The lowest BCUT2D eigenvalue weighted by Gasteiger charge is -2.08. The van der Waals surface area contributed by atoms with Crippen LogP contribution < -0.4 is 15.6 Å². The number of fused-ring (bicyclic) bond motifs is 1. The number of carbonyl (C=O) groups is 2. The number of hydrazine groups is 1. The topological polar surface area (TPSA) is 80.6 Å². The zero-order chi connectivity index (χ0) is 18.7. The summed E-state index contributed by atoms with van der Waals surface area (Å²) in [5.74, 6) is -3.26. The highest BCUT2D eigenvalue weighted by Gasteiger charge is 2.18. The van der Waals surface area contributed by atoms with Crippen molar-refractivity contribution in [2.45, 2.75) is 6.92 Å². The van der Waals surface area contributed by atoms with Gasteiger partial charge in [-0.2, -0.15) is 0 Å². The predicted octanol–water partition coefficient (Wildman–Crippen LogP) is 2.86. The summed E-state index contributed by atoms with van der Waals surface area (Å²) in [5, 5.41) is 0.791. The van der Waals surface area contributed by atoms with E-state index < -0.39 is 30.1 Å². The number of aryl methyl sites for hydroxylation is 1. The number of halogens is 2. The maximum atomic E-state index is 13.4. The van der Waals surface area contributed by atoms with Crippen LogP contribution in [0.25, 0.3) is 11.0 Å². The van der Waals surface area contributed by atoms with Gasteiger partial charge in [-0.05, 0) is 25.1 Å². The summed E-state index contributed by atoms with van der Waals surface area (Å²) in [5.41, 5.74) is 5.52. The molecular formula is C18H14F2N2O4. The number of ether oxygens (including phenoxy) is 1. The molecule has 26 heavy (non-hydrogen) atoms. The van der Waals surface area contributed by atoms with Gasteiger partial charge in [-0.3, -0.25) is 20.4 Å². The smallest absolute Gasteiger partial charge is 0.305 e. The minimum Gasteiger partial charge on any atom is -0.481 e. The Labute approximate surface area is 146 Å². The van der Waals surface area contributed by atoms with Crippen LogP contribution in [-0.2, 0) is 4.79 Å². The molecule has 134 valence electrons. The van der Waals surface area contributed by atoms with Gasteiger partial charge in [0.05, 0.1) is 0 Å². The number of carbonyl (C=O) groups excluding carboxylic acids is 2. The molecule has 0 atom stereocenters. The van der Waals surface area contributed by atoms with Gasteiger partial charge >= 0.3 is 5.91 Å². The quantitative estimate of drug-likeness (QED) is 0.701.